The van der Waals surface area contributed by atoms with Crippen LogP contribution in [0.4, 0.5) is 39.3 Å². The second-order valence-electron chi connectivity index (χ2n) is 14.8. The van der Waals surface area contributed by atoms with Gasteiger partial charge in [-0.05, 0) is 74.3 Å². The van der Waals surface area contributed by atoms with Crippen molar-refractivity contribution in [3.63, 3.8) is 0 Å². The number of aliphatic hydroxyl groups excluding tert-OH is 1. The summed E-state index contributed by atoms with van der Waals surface area (Å²) in [5.41, 5.74) is 4.50. The molecule has 320 valence electrons. The van der Waals surface area contributed by atoms with E-state index in [1.807, 2.05) is 30.3 Å². The molecule has 2 atom stereocenters. The van der Waals surface area contributed by atoms with E-state index in [9.17, 15) is 29.1 Å². The van der Waals surface area contributed by atoms with Crippen LogP contribution in [-0.4, -0.2) is 120 Å². The number of amides is 6. The maximum Gasteiger partial charge on any atom is 0.317 e. The molecule has 0 spiro atoms. The molecule has 61 heavy (non-hydrogen) atoms. The maximum absolute atomic E-state index is 13.1. The molecule has 0 saturated carbocycles. The van der Waals surface area contributed by atoms with Gasteiger partial charge in [-0.2, -0.15) is 4.98 Å². The number of nitrogens with zero attached hydrogens (tertiary/aromatic N) is 5. The van der Waals surface area contributed by atoms with E-state index in [-0.39, 0.29) is 42.6 Å². The lowest BCUT2D eigenvalue weighted by Crippen LogP contribution is -2.54. The quantitative estimate of drug-likeness (QED) is 0.0807. The highest BCUT2D eigenvalue weighted by molar-refractivity contribution is 6.33. The van der Waals surface area contributed by atoms with Gasteiger partial charge in [-0.3, -0.25) is 19.2 Å². The molecule has 2 unspecified atom stereocenters. The molecular formula is C42H49ClN12O6. The first-order valence-corrected chi connectivity index (χ1v) is 20.6. The van der Waals surface area contributed by atoms with Gasteiger partial charge in [0.05, 0.1) is 17.4 Å². The van der Waals surface area contributed by atoms with E-state index in [2.05, 4.69) is 52.1 Å². The van der Waals surface area contributed by atoms with E-state index in [0.29, 0.717) is 110 Å². The van der Waals surface area contributed by atoms with E-state index in [1.165, 1.54) is 11.1 Å². The summed E-state index contributed by atoms with van der Waals surface area (Å²) in [6, 6.07) is 19.3. The average molecular weight is 853 g/mol. The minimum Gasteiger partial charge on any atom is -0.374 e. The van der Waals surface area contributed by atoms with Crippen molar-refractivity contribution in [2.75, 3.05) is 73.7 Å². The van der Waals surface area contributed by atoms with Crippen LogP contribution in [0.15, 0.2) is 72.9 Å². The molecule has 4 aromatic rings. The lowest BCUT2D eigenvalue weighted by atomic mass is 10.0. The monoisotopic (exact) mass is 852 g/mol. The number of nitrogens with one attached hydrogen (secondary N) is 7. The summed E-state index contributed by atoms with van der Waals surface area (Å²) in [6.07, 6.45) is 2.15. The average Bonchev–Trinajstić information content (AvgIpc) is 3.60. The summed E-state index contributed by atoms with van der Waals surface area (Å²) in [5.74, 6) is -0.393. The highest BCUT2D eigenvalue weighted by Gasteiger charge is 2.40. The Balaban J connectivity index is 0.779. The Morgan fingerprint density at radius 3 is 2.44 bits per heavy atom. The summed E-state index contributed by atoms with van der Waals surface area (Å²) in [5, 5.41) is 30.6. The molecule has 19 heteroatoms. The molecule has 0 radical (unpaired) electrons. The topological polar surface area (TPSA) is 225 Å². The van der Waals surface area contributed by atoms with Crippen LogP contribution in [0.5, 0.6) is 0 Å². The lowest BCUT2D eigenvalue weighted by Gasteiger charge is -2.36. The number of benzene rings is 3. The highest BCUT2D eigenvalue weighted by Crippen LogP contribution is 2.33. The van der Waals surface area contributed by atoms with Gasteiger partial charge in [0.15, 0.2) is 5.82 Å². The SMILES string of the molecule is CNC(=O)c1ccccc1Nc1nc(Nc2ccc(N3CCN(C(=O)NCCNCCCC(=O)Nc4cccc5c4CN(C4CCC(O)NC4=O)C5=O)CC3)cc2)ncc1Cl. The fourth-order valence-corrected chi connectivity index (χ4v) is 7.64. The molecular weight excluding hydrogens is 804 g/mol. The van der Waals surface area contributed by atoms with Crippen LogP contribution >= 0.6 is 11.6 Å². The second kappa shape index (κ2) is 19.7. The number of aliphatic hydroxyl groups is 1. The first kappa shape index (κ1) is 42.6. The molecule has 3 aliphatic heterocycles. The van der Waals surface area contributed by atoms with Crippen molar-refractivity contribution < 1.29 is 29.1 Å². The molecule has 6 amide bonds. The smallest absolute Gasteiger partial charge is 0.317 e. The Labute approximate surface area is 357 Å². The molecule has 3 aromatic carbocycles. The van der Waals surface area contributed by atoms with Crippen LogP contribution in [0.1, 0.15) is 52.0 Å². The van der Waals surface area contributed by atoms with Crippen LogP contribution in [0, 0.1) is 0 Å². The summed E-state index contributed by atoms with van der Waals surface area (Å²) < 4.78 is 0. The number of carbonyl (C=O) groups excluding carboxylic acids is 5. The number of piperazine rings is 1. The van der Waals surface area contributed by atoms with E-state index < -0.39 is 12.3 Å². The second-order valence-corrected chi connectivity index (χ2v) is 15.2. The summed E-state index contributed by atoms with van der Waals surface area (Å²) >= 11 is 6.38. The number of hydrogen-bond acceptors (Lipinski definition) is 12. The van der Waals surface area contributed by atoms with Crippen molar-refractivity contribution in [1.82, 2.24) is 41.0 Å². The number of aromatic nitrogens is 2. The normalized spacial score (nSPS) is 17.3. The number of para-hydroxylation sites is 1. The predicted molar refractivity (Wildman–Crippen MR) is 231 cm³/mol. The first-order chi connectivity index (χ1) is 29.6. The molecule has 0 bridgehead atoms. The van der Waals surface area contributed by atoms with Crippen LogP contribution in [0.3, 0.4) is 0 Å². The fraction of sp³-hybridized carbons (Fsp3) is 0.357. The van der Waals surface area contributed by atoms with Gasteiger partial charge in [0.25, 0.3) is 11.8 Å². The van der Waals surface area contributed by atoms with E-state index in [0.717, 1.165) is 11.4 Å². The number of urea groups is 1. The molecule has 7 rings (SSSR count). The third kappa shape index (κ3) is 10.5. The highest BCUT2D eigenvalue weighted by atomic mass is 35.5. The minimum absolute atomic E-state index is 0.122. The first-order valence-electron chi connectivity index (χ1n) is 20.3. The van der Waals surface area contributed by atoms with Gasteiger partial charge < -0.3 is 57.0 Å². The number of anilines is 6. The van der Waals surface area contributed by atoms with Crippen LogP contribution < -0.4 is 42.1 Å². The van der Waals surface area contributed by atoms with Crippen molar-refractivity contribution in [3.8, 4) is 0 Å². The maximum atomic E-state index is 13.1. The number of rotatable bonds is 15. The van der Waals surface area contributed by atoms with Crippen molar-refractivity contribution in [3.05, 3.63) is 94.6 Å². The van der Waals surface area contributed by atoms with E-state index >= 15 is 0 Å². The molecule has 3 aliphatic rings. The fourth-order valence-electron chi connectivity index (χ4n) is 7.50. The van der Waals surface area contributed by atoms with Crippen molar-refractivity contribution in [1.29, 1.82) is 0 Å². The molecule has 4 heterocycles. The number of piperidine rings is 1. The van der Waals surface area contributed by atoms with Crippen molar-refractivity contribution in [2.45, 2.75) is 44.5 Å². The van der Waals surface area contributed by atoms with Crippen molar-refractivity contribution >= 4 is 75.8 Å². The Bertz CT molecular complexity index is 2250. The van der Waals surface area contributed by atoms with Gasteiger partial charge in [0.2, 0.25) is 17.8 Å². The van der Waals surface area contributed by atoms with Gasteiger partial charge in [0.1, 0.15) is 17.3 Å². The van der Waals surface area contributed by atoms with E-state index in [1.54, 1.807) is 48.3 Å². The minimum atomic E-state index is -0.906. The molecule has 2 saturated heterocycles. The van der Waals surface area contributed by atoms with Gasteiger partial charge in [-0.15, -0.1) is 0 Å². The van der Waals surface area contributed by atoms with Crippen molar-refractivity contribution in [2.24, 2.45) is 0 Å². The zero-order valence-corrected chi connectivity index (χ0v) is 34.4. The Kier molecular flexibility index (Phi) is 13.8. The number of carbonyl (C=O) groups is 5. The molecule has 1 aromatic heterocycles. The van der Waals surface area contributed by atoms with E-state index in [4.69, 9.17) is 11.6 Å². The third-order valence-corrected chi connectivity index (χ3v) is 11.0. The number of halogens is 1. The zero-order valence-electron chi connectivity index (χ0n) is 33.7. The van der Waals surface area contributed by atoms with Crippen LogP contribution in [0.25, 0.3) is 0 Å². The molecule has 2 fully saturated rings. The summed E-state index contributed by atoms with van der Waals surface area (Å²) in [4.78, 5) is 77.9. The molecule has 8 N–H and O–H groups in total. The Morgan fingerprint density at radius 2 is 1.67 bits per heavy atom. The molecule has 18 nitrogen and oxygen atoms in total. The van der Waals surface area contributed by atoms with Gasteiger partial charge in [-0.1, -0.05) is 29.8 Å². The standard InChI is InChI=1S/C42H49ClN12O6/c1-44-38(58)29-6-2-3-8-32(29)50-37-31(43)24-47-41(52-37)48-26-11-13-27(14-12-26)53-20-22-54(23-21-53)42(61)46-19-18-45-17-5-10-35(56)49-33-9-4-7-28-30(33)25-55(40(28)60)34-15-16-36(57)51-39(34)59/h2-4,6-9,11-14,24,34,36,45,57H,5,10,15-23,25H2,1H3,(H,44,58)(H,46,61)(H,49,56)(H,51,59)(H2,47,48,50,52). The summed E-state index contributed by atoms with van der Waals surface area (Å²) in [7, 11) is 1.57. The number of hydrogen-bond donors (Lipinski definition) is 8. The lowest BCUT2D eigenvalue weighted by molar-refractivity contribution is -0.132. The van der Waals surface area contributed by atoms with Gasteiger partial charge in [-0.25, -0.2) is 9.78 Å². The molecule has 0 aliphatic carbocycles. The summed E-state index contributed by atoms with van der Waals surface area (Å²) in [6.45, 7) is 4.28. The van der Waals surface area contributed by atoms with Gasteiger partial charge >= 0.3 is 6.03 Å². The Hall–Kier alpha value is -6.50. The van der Waals surface area contributed by atoms with Crippen LogP contribution in [-0.2, 0) is 16.1 Å². The largest absolute Gasteiger partial charge is 0.374 e. The van der Waals surface area contributed by atoms with Crippen LogP contribution in [0.2, 0.25) is 5.02 Å². The third-order valence-electron chi connectivity index (χ3n) is 10.8. The zero-order chi connectivity index (χ0) is 42.9. The van der Waals surface area contributed by atoms with Gasteiger partial charge in [0, 0.05) is 87.5 Å². The predicted octanol–water partition coefficient (Wildman–Crippen LogP) is 3.37. The number of fused-ring (bicyclic) bond motifs is 1. The Morgan fingerprint density at radius 1 is 0.902 bits per heavy atom.